The minimum Gasteiger partial charge on any atom is -0.354 e. The van der Waals surface area contributed by atoms with E-state index in [0.29, 0.717) is 13.0 Å². The van der Waals surface area contributed by atoms with Crippen LogP contribution in [0.4, 0.5) is 0 Å². The summed E-state index contributed by atoms with van der Waals surface area (Å²) in [7, 11) is 0. The monoisotopic (exact) mass is 249 g/mol. The van der Waals surface area contributed by atoms with Crippen molar-refractivity contribution in [1.82, 2.24) is 15.6 Å². The van der Waals surface area contributed by atoms with Crippen LogP contribution in [-0.4, -0.2) is 29.4 Å². The van der Waals surface area contributed by atoms with E-state index in [9.17, 15) is 14.4 Å². The van der Waals surface area contributed by atoms with E-state index < -0.39 is 11.9 Å². The van der Waals surface area contributed by atoms with Crippen molar-refractivity contribution in [2.24, 2.45) is 0 Å². The normalized spacial score (nSPS) is 19.8. The minimum atomic E-state index is -0.515. The summed E-state index contributed by atoms with van der Waals surface area (Å²) in [6.07, 6.45) is 3.84. The summed E-state index contributed by atoms with van der Waals surface area (Å²) < 4.78 is 0. The minimum absolute atomic E-state index is 0.161. The molecular weight excluding hydrogens is 234 g/mol. The molecule has 0 aromatic carbocycles. The Hall–Kier alpha value is -2.11. The highest BCUT2D eigenvalue weighted by atomic mass is 16.2. The maximum absolute atomic E-state index is 11.9. The highest BCUT2D eigenvalue weighted by molar-refractivity contribution is 5.97. The van der Waals surface area contributed by atoms with Crippen molar-refractivity contribution in [3.05, 3.63) is 34.2 Å². The van der Waals surface area contributed by atoms with Gasteiger partial charge in [0.05, 0.1) is 0 Å². The first-order valence-electron chi connectivity index (χ1n) is 5.94. The Kier molecular flexibility index (Phi) is 3.76. The third-order valence-electron chi connectivity index (χ3n) is 2.88. The molecule has 2 amide bonds. The van der Waals surface area contributed by atoms with Gasteiger partial charge in [-0.2, -0.15) is 0 Å². The van der Waals surface area contributed by atoms with Crippen molar-refractivity contribution in [1.29, 1.82) is 0 Å². The zero-order valence-electron chi connectivity index (χ0n) is 9.86. The predicted molar refractivity (Wildman–Crippen MR) is 65.2 cm³/mol. The van der Waals surface area contributed by atoms with Gasteiger partial charge in [0.15, 0.2) is 0 Å². The molecule has 1 aromatic heterocycles. The van der Waals surface area contributed by atoms with Gasteiger partial charge < -0.3 is 15.6 Å². The number of H-pyrrole nitrogens is 1. The van der Waals surface area contributed by atoms with Crippen molar-refractivity contribution in [2.75, 3.05) is 6.54 Å². The van der Waals surface area contributed by atoms with E-state index in [4.69, 9.17) is 0 Å². The summed E-state index contributed by atoms with van der Waals surface area (Å²) in [5.41, 5.74) is -0.0798. The van der Waals surface area contributed by atoms with Crippen LogP contribution in [0.15, 0.2) is 23.1 Å². The Labute approximate surface area is 104 Å². The Morgan fingerprint density at radius 2 is 2.17 bits per heavy atom. The summed E-state index contributed by atoms with van der Waals surface area (Å²) in [5.74, 6) is -0.561. The summed E-state index contributed by atoms with van der Waals surface area (Å²) in [5, 5.41) is 5.39. The number of amides is 2. The summed E-state index contributed by atoms with van der Waals surface area (Å²) in [6.45, 7) is 0.649. The Bertz CT molecular complexity index is 509. The van der Waals surface area contributed by atoms with Gasteiger partial charge in [-0.05, 0) is 25.3 Å². The van der Waals surface area contributed by atoms with Gasteiger partial charge in [0.2, 0.25) is 11.5 Å². The number of aromatic amines is 1. The lowest BCUT2D eigenvalue weighted by molar-refractivity contribution is -0.122. The first kappa shape index (κ1) is 12.3. The van der Waals surface area contributed by atoms with Gasteiger partial charge in [0.1, 0.15) is 6.04 Å². The van der Waals surface area contributed by atoms with Crippen LogP contribution >= 0.6 is 0 Å². The lowest BCUT2D eigenvalue weighted by atomic mass is 10.1. The molecule has 96 valence electrons. The van der Waals surface area contributed by atoms with E-state index >= 15 is 0 Å². The maximum Gasteiger partial charge on any atom is 0.252 e. The molecule has 1 aromatic rings. The first-order valence-corrected chi connectivity index (χ1v) is 5.94. The second-order valence-electron chi connectivity index (χ2n) is 4.25. The molecule has 2 rings (SSSR count). The standard InChI is InChI=1S/C12H15N3O3/c16-10-7-8(4-6-13-10)11(17)15-9-3-1-2-5-14-12(9)18/h4,6-7,9H,1-3,5H2,(H,13,16)(H,14,18)(H,15,17). The van der Waals surface area contributed by atoms with Gasteiger partial charge in [-0.25, -0.2) is 0 Å². The van der Waals surface area contributed by atoms with Crippen molar-refractivity contribution < 1.29 is 9.59 Å². The van der Waals surface area contributed by atoms with Crippen molar-refractivity contribution >= 4 is 11.8 Å². The molecule has 1 saturated heterocycles. The Morgan fingerprint density at radius 3 is 2.94 bits per heavy atom. The third kappa shape index (κ3) is 2.97. The number of hydrogen-bond donors (Lipinski definition) is 3. The number of pyridine rings is 1. The number of carbonyl (C=O) groups is 2. The van der Waals surface area contributed by atoms with Gasteiger partial charge in [0, 0.05) is 24.4 Å². The zero-order chi connectivity index (χ0) is 13.0. The molecule has 1 fully saturated rings. The van der Waals surface area contributed by atoms with Gasteiger partial charge in [0.25, 0.3) is 5.91 Å². The van der Waals surface area contributed by atoms with Crippen LogP contribution in [0.3, 0.4) is 0 Å². The van der Waals surface area contributed by atoms with E-state index in [1.165, 1.54) is 18.3 Å². The number of carbonyl (C=O) groups excluding carboxylic acids is 2. The topological polar surface area (TPSA) is 91.1 Å². The van der Waals surface area contributed by atoms with Crippen LogP contribution in [0, 0.1) is 0 Å². The van der Waals surface area contributed by atoms with Crippen LogP contribution in [0.1, 0.15) is 29.6 Å². The highest BCUT2D eigenvalue weighted by Crippen LogP contribution is 2.06. The summed E-state index contributed by atoms with van der Waals surface area (Å²) in [6, 6.07) is 2.20. The fourth-order valence-corrected chi connectivity index (χ4v) is 1.90. The molecule has 2 heterocycles. The van der Waals surface area contributed by atoms with Crippen LogP contribution in [0.25, 0.3) is 0 Å². The zero-order valence-corrected chi connectivity index (χ0v) is 9.86. The fraction of sp³-hybridized carbons (Fsp3) is 0.417. The predicted octanol–water partition coefficient (Wildman–Crippen LogP) is -0.227. The van der Waals surface area contributed by atoms with E-state index in [2.05, 4.69) is 15.6 Å². The first-order chi connectivity index (χ1) is 8.66. The van der Waals surface area contributed by atoms with Gasteiger partial charge in [-0.15, -0.1) is 0 Å². The average molecular weight is 249 g/mol. The van der Waals surface area contributed by atoms with E-state index in [-0.39, 0.29) is 17.0 Å². The molecule has 0 spiro atoms. The van der Waals surface area contributed by atoms with Gasteiger partial charge >= 0.3 is 0 Å². The molecule has 18 heavy (non-hydrogen) atoms. The molecule has 6 heteroatoms. The maximum atomic E-state index is 11.9. The molecule has 0 radical (unpaired) electrons. The number of aromatic nitrogens is 1. The van der Waals surface area contributed by atoms with Gasteiger partial charge in [-0.1, -0.05) is 0 Å². The molecule has 1 aliphatic rings. The average Bonchev–Trinajstić information content (AvgIpc) is 2.55. The summed E-state index contributed by atoms with van der Waals surface area (Å²) >= 11 is 0. The lowest BCUT2D eigenvalue weighted by Crippen LogP contribution is -2.45. The smallest absolute Gasteiger partial charge is 0.252 e. The van der Waals surface area contributed by atoms with Crippen LogP contribution in [0.2, 0.25) is 0 Å². The molecule has 1 unspecified atom stereocenters. The van der Waals surface area contributed by atoms with E-state index in [1.807, 2.05) is 0 Å². The molecule has 3 N–H and O–H groups in total. The SMILES string of the molecule is O=C(NC1CCCCNC1=O)c1cc[nH]c(=O)c1. The number of nitrogens with one attached hydrogen (secondary N) is 3. The molecule has 0 saturated carbocycles. The van der Waals surface area contributed by atoms with E-state index in [0.717, 1.165) is 12.8 Å². The fourth-order valence-electron chi connectivity index (χ4n) is 1.90. The molecular formula is C12H15N3O3. The summed E-state index contributed by atoms with van der Waals surface area (Å²) in [4.78, 5) is 37.1. The Balaban J connectivity index is 2.06. The molecule has 6 nitrogen and oxygen atoms in total. The third-order valence-corrected chi connectivity index (χ3v) is 2.88. The molecule has 0 aliphatic carbocycles. The lowest BCUT2D eigenvalue weighted by Gasteiger charge is -2.14. The quantitative estimate of drug-likeness (QED) is 0.676. The number of rotatable bonds is 2. The van der Waals surface area contributed by atoms with Crippen LogP contribution < -0.4 is 16.2 Å². The van der Waals surface area contributed by atoms with Crippen molar-refractivity contribution in [3.63, 3.8) is 0 Å². The largest absolute Gasteiger partial charge is 0.354 e. The molecule has 0 bridgehead atoms. The molecule has 1 atom stereocenters. The van der Waals surface area contributed by atoms with Crippen LogP contribution in [0.5, 0.6) is 0 Å². The second-order valence-corrected chi connectivity index (χ2v) is 4.25. The Morgan fingerprint density at radius 1 is 1.33 bits per heavy atom. The van der Waals surface area contributed by atoms with E-state index in [1.54, 1.807) is 0 Å². The molecule has 1 aliphatic heterocycles. The van der Waals surface area contributed by atoms with Crippen LogP contribution in [-0.2, 0) is 4.79 Å². The number of hydrogen-bond acceptors (Lipinski definition) is 3. The highest BCUT2D eigenvalue weighted by Gasteiger charge is 2.22. The second kappa shape index (κ2) is 5.48. The van der Waals surface area contributed by atoms with Gasteiger partial charge in [-0.3, -0.25) is 14.4 Å². The van der Waals surface area contributed by atoms with Crippen molar-refractivity contribution in [3.8, 4) is 0 Å². The van der Waals surface area contributed by atoms with Crippen molar-refractivity contribution in [2.45, 2.75) is 25.3 Å².